The molecule has 30 heavy (non-hydrogen) atoms. The first kappa shape index (κ1) is 19.1. The van der Waals surface area contributed by atoms with Crippen molar-refractivity contribution in [2.75, 3.05) is 0 Å². The van der Waals surface area contributed by atoms with Crippen molar-refractivity contribution in [2.45, 2.75) is 5.85 Å². The number of hydrogen-bond acceptors (Lipinski definition) is 2. The minimum atomic E-state index is -2.84. The van der Waals surface area contributed by atoms with Gasteiger partial charge in [0, 0.05) is 0 Å². The average Bonchev–Trinajstić information content (AvgIpc) is 3.15. The molecule has 0 saturated heterocycles. The Bertz CT molecular complexity index is 1100. The first-order valence-electron chi connectivity index (χ1n) is 9.89. The van der Waals surface area contributed by atoms with Crippen LogP contribution in [0.2, 0.25) is 5.02 Å². The number of halogens is 1. The predicted octanol–water partition coefficient (Wildman–Crippen LogP) is 5.24. The molecule has 0 amide bonds. The van der Waals surface area contributed by atoms with Gasteiger partial charge in [0.1, 0.15) is 0 Å². The Morgan fingerprint density at radius 1 is 0.633 bits per heavy atom. The average molecular weight is 431 g/mol. The van der Waals surface area contributed by atoms with E-state index in [1.165, 1.54) is 15.9 Å². The number of carbonyl (C=O) groups excluding carboxylic acids is 1. The molecule has 1 aliphatic rings. The summed E-state index contributed by atoms with van der Waals surface area (Å²) in [5.41, 5.74) is 1.36. The van der Waals surface area contributed by atoms with Crippen molar-refractivity contribution in [3.8, 4) is 0 Å². The first-order valence-corrected chi connectivity index (χ1v) is 12.3. The van der Waals surface area contributed by atoms with Gasteiger partial charge in [-0.15, -0.1) is 0 Å². The van der Waals surface area contributed by atoms with E-state index in [4.69, 9.17) is 16.3 Å². The zero-order chi connectivity index (χ0) is 20.6. The number of benzene rings is 4. The van der Waals surface area contributed by atoms with E-state index < -0.39 is 13.1 Å². The molecule has 4 aromatic carbocycles. The van der Waals surface area contributed by atoms with Crippen LogP contribution in [-0.4, -0.2) is 5.97 Å². The Morgan fingerprint density at radius 2 is 1.10 bits per heavy atom. The minimum absolute atomic E-state index is 0.308. The van der Waals surface area contributed by atoms with Crippen LogP contribution >= 0.6 is 18.9 Å². The number of esters is 1. The Labute approximate surface area is 181 Å². The second kappa shape index (κ2) is 7.72. The molecule has 0 fully saturated rings. The number of fused-ring (bicyclic) bond motifs is 1. The van der Waals surface area contributed by atoms with E-state index in [2.05, 4.69) is 36.4 Å². The van der Waals surface area contributed by atoms with Gasteiger partial charge < -0.3 is 0 Å². The molecule has 2 nitrogen and oxygen atoms in total. The summed E-state index contributed by atoms with van der Waals surface area (Å²) in [5.74, 6) is -0.766. The molecule has 4 aromatic rings. The summed E-state index contributed by atoms with van der Waals surface area (Å²) < 4.78 is 6.18. The fraction of sp³-hybridized carbons (Fsp3) is 0.0385. The van der Waals surface area contributed by atoms with Crippen molar-refractivity contribution in [3.05, 3.63) is 125 Å². The molecular formula is C26H20ClO2P. The number of ether oxygens (including phenoxy) is 1. The number of carbonyl (C=O) groups is 1. The molecule has 5 rings (SSSR count). The van der Waals surface area contributed by atoms with Crippen molar-refractivity contribution >= 4 is 40.7 Å². The molecule has 1 heterocycles. The summed E-state index contributed by atoms with van der Waals surface area (Å²) in [6.07, 6.45) is 0. The summed E-state index contributed by atoms with van der Waals surface area (Å²) in [4.78, 5) is 12.9. The molecule has 4 heteroatoms. The monoisotopic (exact) mass is 430 g/mol. The maximum atomic E-state index is 12.9. The van der Waals surface area contributed by atoms with Gasteiger partial charge in [0.2, 0.25) is 0 Å². The predicted molar refractivity (Wildman–Crippen MR) is 126 cm³/mol. The Hall–Kier alpha value is -2.93. The zero-order valence-electron chi connectivity index (χ0n) is 16.2. The van der Waals surface area contributed by atoms with Crippen LogP contribution in [0.1, 0.15) is 21.8 Å². The van der Waals surface area contributed by atoms with Gasteiger partial charge in [-0.05, 0) is 0 Å². The Balaban J connectivity index is 1.91. The maximum absolute atomic E-state index is 12.9. The van der Waals surface area contributed by atoms with Gasteiger partial charge in [0.15, 0.2) is 0 Å². The van der Waals surface area contributed by atoms with Gasteiger partial charge >= 0.3 is 181 Å². The molecule has 0 spiro atoms. The van der Waals surface area contributed by atoms with E-state index in [9.17, 15) is 4.79 Å². The number of rotatable bonds is 4. The van der Waals surface area contributed by atoms with E-state index in [1.807, 2.05) is 72.8 Å². The zero-order valence-corrected chi connectivity index (χ0v) is 17.9. The second-order valence-corrected chi connectivity index (χ2v) is 11.7. The molecule has 0 N–H and O–H groups in total. The molecule has 0 aliphatic carbocycles. The van der Waals surface area contributed by atoms with Crippen molar-refractivity contribution in [1.82, 2.24) is 0 Å². The summed E-state index contributed by atoms with van der Waals surface area (Å²) in [6.45, 7) is 0. The van der Waals surface area contributed by atoms with Gasteiger partial charge in [0.25, 0.3) is 0 Å². The summed E-state index contributed by atoms with van der Waals surface area (Å²) in [6, 6.07) is 36.7. The third-order valence-corrected chi connectivity index (χ3v) is 11.1. The summed E-state index contributed by atoms with van der Waals surface area (Å²) in [5, 5.41) is 4.09. The van der Waals surface area contributed by atoms with Gasteiger partial charge in [-0.3, -0.25) is 0 Å². The van der Waals surface area contributed by atoms with E-state index >= 15 is 0 Å². The topological polar surface area (TPSA) is 26.3 Å². The molecule has 0 bridgehead atoms. The van der Waals surface area contributed by atoms with Crippen LogP contribution in [0.25, 0.3) is 0 Å². The van der Waals surface area contributed by atoms with Gasteiger partial charge in [-0.2, -0.15) is 0 Å². The third kappa shape index (κ3) is 2.88. The molecule has 0 aromatic heterocycles. The summed E-state index contributed by atoms with van der Waals surface area (Å²) in [7, 11) is -2.84. The number of cyclic esters (lactones) is 1. The molecule has 1 aliphatic heterocycles. The van der Waals surface area contributed by atoms with Crippen LogP contribution in [0.5, 0.6) is 0 Å². The van der Waals surface area contributed by atoms with Crippen LogP contribution in [-0.2, 0) is 4.74 Å². The van der Waals surface area contributed by atoms with Crippen molar-refractivity contribution in [3.63, 3.8) is 0 Å². The molecule has 148 valence electrons. The third-order valence-electron chi connectivity index (χ3n) is 5.84. The normalized spacial score (nSPS) is 16.0. The Morgan fingerprint density at radius 3 is 1.57 bits per heavy atom. The van der Waals surface area contributed by atoms with E-state index in [0.717, 1.165) is 5.56 Å². The van der Waals surface area contributed by atoms with Crippen LogP contribution in [0.15, 0.2) is 109 Å². The standard InChI is InChI=1S/C26H20ClO2P/c27-23-18-10-17-22-24(23)26(29-25(22)28)30(19-11-4-1-5-12-19,20-13-6-2-7-14-20)21-15-8-3-9-16-21/h1-18,26,30H. The quantitative estimate of drug-likeness (QED) is 0.327. The van der Waals surface area contributed by atoms with Crippen molar-refractivity contribution < 1.29 is 9.53 Å². The fourth-order valence-corrected chi connectivity index (χ4v) is 10.0. The first-order chi connectivity index (χ1) is 14.7. The number of hydrogen-bond donors (Lipinski definition) is 0. The van der Waals surface area contributed by atoms with Crippen LogP contribution < -0.4 is 15.9 Å². The fourth-order valence-electron chi connectivity index (χ4n) is 4.57. The van der Waals surface area contributed by atoms with Crippen LogP contribution in [0.4, 0.5) is 0 Å². The van der Waals surface area contributed by atoms with Gasteiger partial charge in [-0.25, -0.2) is 0 Å². The summed E-state index contributed by atoms with van der Waals surface area (Å²) >= 11 is 6.69. The van der Waals surface area contributed by atoms with Gasteiger partial charge in [0.05, 0.1) is 0 Å². The van der Waals surface area contributed by atoms with Crippen LogP contribution in [0, 0.1) is 0 Å². The molecular weight excluding hydrogens is 411 g/mol. The molecule has 0 saturated carbocycles. The van der Waals surface area contributed by atoms with E-state index in [-0.39, 0.29) is 5.97 Å². The van der Waals surface area contributed by atoms with E-state index in [0.29, 0.717) is 10.6 Å². The molecule has 1 atom stereocenters. The Kier molecular flexibility index (Phi) is 4.90. The second-order valence-electron chi connectivity index (χ2n) is 7.39. The SMILES string of the molecule is O=C1OC([PH](c2ccccc2)(c2ccccc2)c2ccccc2)c2c(Cl)cccc21. The van der Waals surface area contributed by atoms with E-state index in [1.54, 1.807) is 0 Å². The molecule has 1 unspecified atom stereocenters. The van der Waals surface area contributed by atoms with Crippen molar-refractivity contribution in [2.24, 2.45) is 0 Å². The van der Waals surface area contributed by atoms with Gasteiger partial charge in [-0.1, -0.05) is 0 Å². The molecule has 0 radical (unpaired) electrons. The van der Waals surface area contributed by atoms with Crippen LogP contribution in [0.3, 0.4) is 0 Å². The van der Waals surface area contributed by atoms with Crippen molar-refractivity contribution in [1.29, 1.82) is 0 Å².